The third-order valence-electron chi connectivity index (χ3n) is 4.60. The van der Waals surface area contributed by atoms with E-state index in [1.54, 1.807) is 13.3 Å². The average Bonchev–Trinajstić information content (AvgIpc) is 2.92. The average molecular weight is 317 g/mol. The third-order valence-corrected chi connectivity index (χ3v) is 7.88. The van der Waals surface area contributed by atoms with E-state index < -0.39 is 8.07 Å². The molecule has 1 aliphatic heterocycles. The van der Waals surface area contributed by atoms with Crippen LogP contribution in [0.2, 0.25) is 25.2 Å². The lowest BCUT2D eigenvalue weighted by molar-refractivity contribution is 0.0929. The predicted octanol–water partition coefficient (Wildman–Crippen LogP) is 3.17. The standard InChI is InChI=1S/C16H23N3O2Si/c1-21-13-8-11-9-14(19-15(11)17-10-13)16(20)18-12-4-6-22(2,3)7-5-12/h8-10,12H,4-7H2,1-3H3,(H,17,19)(H,18,20). The molecule has 0 radical (unpaired) electrons. The Balaban J connectivity index is 1.70. The number of nitrogens with one attached hydrogen (secondary N) is 2. The second-order valence-corrected chi connectivity index (χ2v) is 12.2. The van der Waals surface area contributed by atoms with Gasteiger partial charge in [0, 0.05) is 19.5 Å². The number of ether oxygens (including phenoxy) is 1. The zero-order chi connectivity index (χ0) is 15.7. The van der Waals surface area contributed by atoms with Crippen molar-refractivity contribution in [3.8, 4) is 5.75 Å². The molecule has 5 nitrogen and oxygen atoms in total. The van der Waals surface area contributed by atoms with E-state index in [9.17, 15) is 4.79 Å². The Kier molecular flexibility index (Phi) is 3.95. The summed E-state index contributed by atoms with van der Waals surface area (Å²) >= 11 is 0. The van der Waals surface area contributed by atoms with Gasteiger partial charge in [-0.05, 0) is 25.0 Å². The zero-order valence-corrected chi connectivity index (χ0v) is 14.4. The predicted molar refractivity (Wildman–Crippen MR) is 90.2 cm³/mol. The fourth-order valence-electron chi connectivity index (χ4n) is 3.04. The van der Waals surface area contributed by atoms with Crippen molar-refractivity contribution in [3.63, 3.8) is 0 Å². The molecule has 3 rings (SSSR count). The van der Waals surface area contributed by atoms with Crippen LogP contribution in [0.3, 0.4) is 0 Å². The van der Waals surface area contributed by atoms with Crippen LogP contribution >= 0.6 is 0 Å². The van der Waals surface area contributed by atoms with Crippen LogP contribution in [0.1, 0.15) is 23.3 Å². The zero-order valence-electron chi connectivity index (χ0n) is 13.4. The van der Waals surface area contributed by atoms with Crippen molar-refractivity contribution in [2.45, 2.75) is 44.1 Å². The van der Waals surface area contributed by atoms with E-state index in [1.807, 2.05) is 12.1 Å². The van der Waals surface area contributed by atoms with Crippen LogP contribution in [0.4, 0.5) is 0 Å². The summed E-state index contributed by atoms with van der Waals surface area (Å²) in [5, 5.41) is 4.05. The Labute approximate surface area is 131 Å². The van der Waals surface area contributed by atoms with E-state index in [1.165, 1.54) is 12.1 Å². The second kappa shape index (κ2) is 5.76. The van der Waals surface area contributed by atoms with Crippen LogP contribution in [0.5, 0.6) is 5.75 Å². The number of fused-ring (bicyclic) bond motifs is 1. The number of H-pyrrole nitrogens is 1. The molecular weight excluding hydrogens is 294 g/mol. The van der Waals surface area contributed by atoms with E-state index in [0.717, 1.165) is 18.2 Å². The lowest BCUT2D eigenvalue weighted by atomic mass is 10.1. The first kappa shape index (κ1) is 15.1. The van der Waals surface area contributed by atoms with E-state index in [4.69, 9.17) is 4.74 Å². The highest BCUT2D eigenvalue weighted by Gasteiger charge is 2.29. The summed E-state index contributed by atoms with van der Waals surface area (Å²) in [5.74, 6) is 0.654. The maximum atomic E-state index is 12.4. The molecule has 0 spiro atoms. The summed E-state index contributed by atoms with van der Waals surface area (Å²) in [7, 11) is 0.626. The monoisotopic (exact) mass is 317 g/mol. The Hall–Kier alpha value is -1.82. The Bertz CT molecular complexity index is 686. The van der Waals surface area contributed by atoms with Crippen molar-refractivity contribution < 1.29 is 9.53 Å². The van der Waals surface area contributed by atoms with Crippen LogP contribution in [0.15, 0.2) is 18.3 Å². The lowest BCUT2D eigenvalue weighted by Gasteiger charge is -2.33. The molecule has 2 aromatic heterocycles. The second-order valence-electron chi connectivity index (χ2n) is 6.91. The van der Waals surface area contributed by atoms with Crippen LogP contribution in [0.25, 0.3) is 11.0 Å². The van der Waals surface area contributed by atoms with Gasteiger partial charge in [-0.15, -0.1) is 0 Å². The lowest BCUT2D eigenvalue weighted by Crippen LogP contribution is -2.42. The van der Waals surface area contributed by atoms with Gasteiger partial charge in [0.1, 0.15) is 17.1 Å². The summed E-state index contributed by atoms with van der Waals surface area (Å²) in [5.41, 5.74) is 1.28. The normalized spacial score (nSPS) is 18.3. The number of amides is 1. The van der Waals surface area contributed by atoms with Crippen molar-refractivity contribution in [2.24, 2.45) is 0 Å². The smallest absolute Gasteiger partial charge is 0.267 e. The number of hydrogen-bond donors (Lipinski definition) is 2. The molecule has 2 aromatic rings. The van der Waals surface area contributed by atoms with Gasteiger partial charge in [0.15, 0.2) is 0 Å². The molecule has 0 atom stereocenters. The number of carbonyl (C=O) groups excluding carboxylic acids is 1. The molecule has 0 unspecified atom stereocenters. The van der Waals surface area contributed by atoms with E-state index in [-0.39, 0.29) is 5.91 Å². The molecule has 6 heteroatoms. The number of hydrogen-bond acceptors (Lipinski definition) is 3. The van der Waals surface area contributed by atoms with Crippen LogP contribution < -0.4 is 10.1 Å². The van der Waals surface area contributed by atoms with Gasteiger partial charge in [0.05, 0.1) is 13.3 Å². The summed E-state index contributed by atoms with van der Waals surface area (Å²) in [4.78, 5) is 19.8. The molecular formula is C16H23N3O2Si. The number of methoxy groups -OCH3 is 1. The minimum atomic E-state index is -0.983. The molecule has 118 valence electrons. The minimum Gasteiger partial charge on any atom is -0.495 e. The van der Waals surface area contributed by atoms with Gasteiger partial charge in [0.2, 0.25) is 0 Å². The highest BCUT2D eigenvalue weighted by molar-refractivity contribution is 6.77. The van der Waals surface area contributed by atoms with E-state index in [2.05, 4.69) is 28.4 Å². The number of pyridine rings is 1. The van der Waals surface area contributed by atoms with Gasteiger partial charge in [0.25, 0.3) is 5.91 Å². The number of aromatic nitrogens is 2. The van der Waals surface area contributed by atoms with Crippen molar-refractivity contribution in [1.29, 1.82) is 0 Å². The van der Waals surface area contributed by atoms with Crippen molar-refractivity contribution in [3.05, 3.63) is 24.0 Å². The van der Waals surface area contributed by atoms with Crippen molar-refractivity contribution in [1.82, 2.24) is 15.3 Å². The molecule has 1 saturated heterocycles. The van der Waals surface area contributed by atoms with Gasteiger partial charge in [-0.25, -0.2) is 4.98 Å². The molecule has 2 N–H and O–H groups in total. The SMILES string of the molecule is COc1cnc2[nH]c(C(=O)NC3CC[Si](C)(C)CC3)cc2c1. The Morgan fingerprint density at radius 1 is 1.36 bits per heavy atom. The number of rotatable bonds is 3. The molecule has 1 fully saturated rings. The number of carbonyl (C=O) groups is 1. The first-order valence-corrected chi connectivity index (χ1v) is 11.2. The molecule has 0 aromatic carbocycles. The van der Waals surface area contributed by atoms with Gasteiger partial charge in [-0.3, -0.25) is 4.79 Å². The Morgan fingerprint density at radius 2 is 2.09 bits per heavy atom. The summed E-state index contributed by atoms with van der Waals surface area (Å²) < 4.78 is 5.16. The molecule has 1 amide bonds. The summed E-state index contributed by atoms with van der Waals surface area (Å²) in [6.45, 7) is 4.86. The van der Waals surface area contributed by atoms with Crippen molar-refractivity contribution >= 4 is 25.0 Å². The maximum absolute atomic E-state index is 12.4. The van der Waals surface area contributed by atoms with E-state index in [0.29, 0.717) is 23.1 Å². The van der Waals surface area contributed by atoms with E-state index >= 15 is 0 Å². The number of aromatic amines is 1. The first-order valence-electron chi connectivity index (χ1n) is 7.80. The highest BCUT2D eigenvalue weighted by atomic mass is 28.3. The highest BCUT2D eigenvalue weighted by Crippen LogP contribution is 2.28. The Morgan fingerprint density at radius 3 is 2.77 bits per heavy atom. The van der Waals surface area contributed by atoms with Gasteiger partial charge >= 0.3 is 0 Å². The molecule has 1 aliphatic rings. The number of nitrogens with zero attached hydrogens (tertiary/aromatic N) is 1. The minimum absolute atomic E-state index is 0.0386. The van der Waals surface area contributed by atoms with Gasteiger partial charge < -0.3 is 15.0 Å². The molecule has 0 bridgehead atoms. The quantitative estimate of drug-likeness (QED) is 0.855. The third kappa shape index (κ3) is 3.16. The summed E-state index contributed by atoms with van der Waals surface area (Å²) in [6.07, 6.45) is 3.86. The summed E-state index contributed by atoms with van der Waals surface area (Å²) in [6, 6.07) is 6.61. The molecule has 3 heterocycles. The van der Waals surface area contributed by atoms with Crippen molar-refractivity contribution in [2.75, 3.05) is 7.11 Å². The fourth-order valence-corrected chi connectivity index (χ4v) is 5.55. The molecule has 0 aliphatic carbocycles. The van der Waals surface area contributed by atoms with Gasteiger partial charge in [-0.1, -0.05) is 25.2 Å². The molecule has 22 heavy (non-hydrogen) atoms. The largest absolute Gasteiger partial charge is 0.495 e. The van der Waals surface area contributed by atoms with Crippen LogP contribution in [-0.2, 0) is 0 Å². The van der Waals surface area contributed by atoms with Crippen LogP contribution in [0, 0.1) is 0 Å². The van der Waals surface area contributed by atoms with Gasteiger partial charge in [-0.2, -0.15) is 0 Å². The maximum Gasteiger partial charge on any atom is 0.267 e. The fraction of sp³-hybridized carbons (Fsp3) is 0.500. The molecule has 0 saturated carbocycles. The first-order chi connectivity index (χ1) is 10.5. The topological polar surface area (TPSA) is 67.0 Å². The van der Waals surface area contributed by atoms with Crippen LogP contribution in [-0.4, -0.2) is 37.1 Å².